The Morgan fingerprint density at radius 3 is 2.50 bits per heavy atom. The SMILES string of the molecule is COCCC1(NC(=O)C2CCOCC2)CCN(C(=O)COc2ccc(F)cc2)CC1. The lowest BCUT2D eigenvalue weighted by atomic mass is 9.83. The number of piperidine rings is 1. The molecular weight excluding hydrogens is 391 g/mol. The molecule has 2 fully saturated rings. The molecule has 0 saturated carbocycles. The summed E-state index contributed by atoms with van der Waals surface area (Å²) in [6.45, 7) is 2.80. The summed E-state index contributed by atoms with van der Waals surface area (Å²) < 4.78 is 29.1. The molecule has 2 heterocycles. The zero-order chi connectivity index (χ0) is 21.4. The van der Waals surface area contributed by atoms with Crippen molar-refractivity contribution in [3.8, 4) is 5.75 Å². The number of methoxy groups -OCH3 is 1. The minimum absolute atomic E-state index is 0.0121. The Kier molecular flexibility index (Phi) is 8.04. The van der Waals surface area contributed by atoms with E-state index in [-0.39, 0.29) is 35.7 Å². The second-order valence-corrected chi connectivity index (χ2v) is 8.02. The van der Waals surface area contributed by atoms with Crippen LogP contribution in [0.25, 0.3) is 0 Å². The lowest BCUT2D eigenvalue weighted by Crippen LogP contribution is -2.58. The van der Waals surface area contributed by atoms with Gasteiger partial charge in [-0.2, -0.15) is 0 Å². The first-order valence-corrected chi connectivity index (χ1v) is 10.6. The Hall–Kier alpha value is -2.19. The molecule has 1 aromatic carbocycles. The van der Waals surface area contributed by atoms with Crippen molar-refractivity contribution < 1.29 is 28.2 Å². The zero-order valence-electron chi connectivity index (χ0n) is 17.5. The zero-order valence-corrected chi connectivity index (χ0v) is 17.5. The lowest BCUT2D eigenvalue weighted by molar-refractivity contribution is -0.136. The second-order valence-electron chi connectivity index (χ2n) is 8.02. The highest BCUT2D eigenvalue weighted by Crippen LogP contribution is 2.28. The molecule has 2 aliphatic rings. The van der Waals surface area contributed by atoms with Crippen molar-refractivity contribution in [1.82, 2.24) is 10.2 Å². The predicted molar refractivity (Wildman–Crippen MR) is 109 cm³/mol. The fourth-order valence-corrected chi connectivity index (χ4v) is 4.01. The van der Waals surface area contributed by atoms with Crippen LogP contribution in [-0.4, -0.2) is 68.9 Å². The first-order valence-electron chi connectivity index (χ1n) is 10.6. The Morgan fingerprint density at radius 1 is 1.20 bits per heavy atom. The van der Waals surface area contributed by atoms with Crippen molar-refractivity contribution >= 4 is 11.8 Å². The van der Waals surface area contributed by atoms with Gasteiger partial charge in [-0.15, -0.1) is 0 Å². The standard InChI is InChI=1S/C22H31FN2O5/c1-28-15-10-22(24-21(27)17-6-13-29-14-7-17)8-11-25(12-9-22)20(26)16-30-19-4-2-18(23)3-5-19/h2-5,17H,6-16H2,1H3,(H,24,27). The molecule has 1 aromatic rings. The lowest BCUT2D eigenvalue weighted by Gasteiger charge is -2.43. The molecule has 2 amide bonds. The largest absolute Gasteiger partial charge is 0.484 e. The quantitative estimate of drug-likeness (QED) is 0.695. The number of benzene rings is 1. The molecule has 0 atom stereocenters. The van der Waals surface area contributed by atoms with Crippen molar-refractivity contribution in [2.75, 3.05) is 46.6 Å². The molecule has 0 aromatic heterocycles. The number of rotatable bonds is 8. The predicted octanol–water partition coefficient (Wildman–Crippen LogP) is 2.14. The molecule has 0 bridgehead atoms. The first kappa shape index (κ1) is 22.5. The highest BCUT2D eigenvalue weighted by molar-refractivity contribution is 5.80. The summed E-state index contributed by atoms with van der Waals surface area (Å²) in [6, 6.07) is 5.60. The van der Waals surface area contributed by atoms with Crippen LogP contribution in [0.2, 0.25) is 0 Å². The summed E-state index contributed by atoms with van der Waals surface area (Å²) in [5.74, 6) is 0.0611. The minimum atomic E-state index is -0.361. The summed E-state index contributed by atoms with van der Waals surface area (Å²) in [6.07, 6.45) is 3.56. The molecule has 7 nitrogen and oxygen atoms in total. The maximum Gasteiger partial charge on any atom is 0.260 e. The van der Waals surface area contributed by atoms with Crippen LogP contribution in [0.5, 0.6) is 5.75 Å². The van der Waals surface area contributed by atoms with Crippen LogP contribution in [0.4, 0.5) is 4.39 Å². The van der Waals surface area contributed by atoms with Gasteiger partial charge in [-0.25, -0.2) is 4.39 Å². The van der Waals surface area contributed by atoms with E-state index in [9.17, 15) is 14.0 Å². The fourth-order valence-electron chi connectivity index (χ4n) is 4.01. The first-order chi connectivity index (χ1) is 14.5. The highest BCUT2D eigenvalue weighted by atomic mass is 19.1. The Labute approximate surface area is 176 Å². The molecule has 2 saturated heterocycles. The smallest absolute Gasteiger partial charge is 0.260 e. The third-order valence-corrected chi connectivity index (χ3v) is 6.01. The van der Waals surface area contributed by atoms with Gasteiger partial charge >= 0.3 is 0 Å². The Morgan fingerprint density at radius 2 is 1.87 bits per heavy atom. The number of likely N-dealkylation sites (tertiary alicyclic amines) is 1. The van der Waals surface area contributed by atoms with Gasteiger partial charge in [0.2, 0.25) is 5.91 Å². The van der Waals surface area contributed by atoms with Crippen LogP contribution < -0.4 is 10.1 Å². The van der Waals surface area contributed by atoms with Gasteiger partial charge in [0.25, 0.3) is 5.91 Å². The molecule has 0 spiro atoms. The fraction of sp³-hybridized carbons (Fsp3) is 0.636. The highest BCUT2D eigenvalue weighted by Gasteiger charge is 2.38. The van der Waals surface area contributed by atoms with E-state index in [4.69, 9.17) is 14.2 Å². The van der Waals surface area contributed by atoms with E-state index in [2.05, 4.69) is 5.32 Å². The number of nitrogens with zero attached hydrogens (tertiary/aromatic N) is 1. The van der Waals surface area contributed by atoms with Crippen molar-refractivity contribution in [2.45, 2.75) is 37.6 Å². The molecule has 2 aliphatic heterocycles. The molecule has 0 aliphatic carbocycles. The van der Waals surface area contributed by atoms with Gasteiger partial charge in [-0.3, -0.25) is 9.59 Å². The maximum absolute atomic E-state index is 13.0. The van der Waals surface area contributed by atoms with Crippen molar-refractivity contribution in [3.63, 3.8) is 0 Å². The van der Waals surface area contributed by atoms with E-state index in [1.807, 2.05) is 0 Å². The van der Waals surface area contributed by atoms with Crippen LogP contribution in [0.1, 0.15) is 32.1 Å². The molecule has 0 unspecified atom stereocenters. The summed E-state index contributed by atoms with van der Waals surface area (Å²) >= 11 is 0. The number of carbonyl (C=O) groups is 2. The van der Waals surface area contributed by atoms with Gasteiger partial charge in [-0.05, 0) is 56.4 Å². The number of amides is 2. The van der Waals surface area contributed by atoms with E-state index in [1.165, 1.54) is 24.3 Å². The van der Waals surface area contributed by atoms with Gasteiger partial charge in [0.1, 0.15) is 11.6 Å². The van der Waals surface area contributed by atoms with Crippen molar-refractivity contribution in [2.24, 2.45) is 5.92 Å². The molecule has 8 heteroatoms. The van der Waals surface area contributed by atoms with Gasteiger partial charge in [0, 0.05) is 51.5 Å². The minimum Gasteiger partial charge on any atom is -0.484 e. The van der Waals surface area contributed by atoms with Gasteiger partial charge in [0.15, 0.2) is 6.61 Å². The summed E-state index contributed by atoms with van der Waals surface area (Å²) in [5, 5.41) is 3.28. The van der Waals surface area contributed by atoms with Crippen LogP contribution in [0, 0.1) is 11.7 Å². The van der Waals surface area contributed by atoms with Gasteiger partial charge in [-0.1, -0.05) is 0 Å². The van der Waals surface area contributed by atoms with Crippen molar-refractivity contribution in [1.29, 1.82) is 0 Å². The van der Waals surface area contributed by atoms with Crippen molar-refractivity contribution in [3.05, 3.63) is 30.1 Å². The third-order valence-electron chi connectivity index (χ3n) is 6.01. The number of hydrogen-bond donors (Lipinski definition) is 1. The molecule has 3 rings (SSSR count). The second kappa shape index (κ2) is 10.7. The molecular formula is C22H31FN2O5. The summed E-state index contributed by atoms with van der Waals surface area (Å²) in [4.78, 5) is 27.1. The molecule has 166 valence electrons. The number of nitrogens with one attached hydrogen (secondary N) is 1. The van der Waals surface area contributed by atoms with E-state index < -0.39 is 0 Å². The summed E-state index contributed by atoms with van der Waals surface area (Å²) in [7, 11) is 1.65. The molecule has 30 heavy (non-hydrogen) atoms. The molecule has 1 N–H and O–H groups in total. The molecule has 0 radical (unpaired) electrons. The number of halogens is 1. The monoisotopic (exact) mass is 422 g/mol. The topological polar surface area (TPSA) is 77.1 Å². The van der Waals surface area contributed by atoms with Crippen LogP contribution in [0.15, 0.2) is 24.3 Å². The van der Waals surface area contributed by atoms with E-state index in [1.54, 1.807) is 12.0 Å². The van der Waals surface area contributed by atoms with E-state index in [0.29, 0.717) is 57.9 Å². The van der Waals surface area contributed by atoms with E-state index >= 15 is 0 Å². The number of ether oxygens (including phenoxy) is 3. The Bertz CT molecular complexity index is 698. The van der Waals surface area contributed by atoms with Crippen LogP contribution in [-0.2, 0) is 19.1 Å². The van der Waals surface area contributed by atoms with Crippen LogP contribution in [0.3, 0.4) is 0 Å². The average Bonchev–Trinajstić information content (AvgIpc) is 2.78. The maximum atomic E-state index is 13.0. The summed E-state index contributed by atoms with van der Waals surface area (Å²) in [5.41, 5.74) is -0.361. The van der Waals surface area contributed by atoms with Gasteiger partial charge < -0.3 is 24.4 Å². The Balaban J connectivity index is 1.52. The van der Waals surface area contributed by atoms with Gasteiger partial charge in [0.05, 0.1) is 0 Å². The normalized spacial score (nSPS) is 19.3. The van der Waals surface area contributed by atoms with E-state index in [0.717, 1.165) is 12.8 Å². The van der Waals surface area contributed by atoms with Crippen LogP contribution >= 0.6 is 0 Å². The number of hydrogen-bond acceptors (Lipinski definition) is 5. The number of carbonyl (C=O) groups excluding carboxylic acids is 2. The average molecular weight is 422 g/mol. The third kappa shape index (κ3) is 6.15.